The molecule has 0 aromatic heterocycles. The van der Waals surface area contributed by atoms with Gasteiger partial charge in [0.2, 0.25) is 0 Å². The summed E-state index contributed by atoms with van der Waals surface area (Å²) in [4.78, 5) is 24.8. The van der Waals surface area contributed by atoms with Gasteiger partial charge in [0.05, 0.1) is 6.61 Å². The summed E-state index contributed by atoms with van der Waals surface area (Å²) >= 11 is 0. The van der Waals surface area contributed by atoms with Crippen LogP contribution < -0.4 is 0 Å². The molecule has 0 aliphatic carbocycles. The smallest absolute Gasteiger partial charge is 0.328 e. The quantitative estimate of drug-likeness (QED) is 0.657. The first kappa shape index (κ1) is 16.7. The fraction of sp³-hybridized carbons (Fsp3) is 0.263. The predicted molar refractivity (Wildman–Crippen MR) is 87.3 cm³/mol. The fourth-order valence-electron chi connectivity index (χ4n) is 2.65. The molecule has 0 aliphatic heterocycles. The number of carboxylic acid groups (broad SMARTS) is 1. The van der Waals surface area contributed by atoms with Crippen LogP contribution in [0.15, 0.2) is 54.6 Å². The normalized spacial score (nSPS) is 13.1. The number of ether oxygens (including phenoxy) is 1. The minimum Gasteiger partial charge on any atom is -0.480 e. The molecule has 0 heterocycles. The Balaban J connectivity index is 2.60. The molecule has 120 valence electrons. The molecule has 1 atom stereocenters. The van der Waals surface area contributed by atoms with Gasteiger partial charge in [0.25, 0.3) is 0 Å². The highest BCUT2D eigenvalue weighted by atomic mass is 16.5. The molecule has 0 saturated carbocycles. The van der Waals surface area contributed by atoms with Crippen LogP contribution in [0.4, 0.5) is 0 Å². The van der Waals surface area contributed by atoms with Gasteiger partial charge in [-0.3, -0.25) is 9.59 Å². The summed E-state index contributed by atoms with van der Waals surface area (Å²) in [6, 6.07) is 16.1. The molecule has 0 radical (unpaired) electrons. The van der Waals surface area contributed by atoms with Crippen molar-refractivity contribution in [3.8, 4) is 0 Å². The molecule has 0 bridgehead atoms. The monoisotopic (exact) mass is 312 g/mol. The number of hydrogen-bond acceptors (Lipinski definition) is 3. The fourth-order valence-corrected chi connectivity index (χ4v) is 2.65. The molecule has 0 fully saturated rings. The maximum atomic E-state index is 12.6. The minimum absolute atomic E-state index is 0.0471. The number of rotatable bonds is 6. The zero-order valence-corrected chi connectivity index (χ0v) is 13.3. The van der Waals surface area contributed by atoms with E-state index in [0.717, 1.165) is 11.1 Å². The van der Waals surface area contributed by atoms with Crippen molar-refractivity contribution in [2.75, 3.05) is 6.61 Å². The van der Waals surface area contributed by atoms with E-state index in [2.05, 4.69) is 0 Å². The number of carboxylic acids is 1. The van der Waals surface area contributed by atoms with Crippen molar-refractivity contribution < 1.29 is 19.4 Å². The molecular weight excluding hydrogens is 292 g/mol. The Hall–Kier alpha value is -2.62. The van der Waals surface area contributed by atoms with Crippen LogP contribution >= 0.6 is 0 Å². The number of hydrogen-bond donors (Lipinski definition) is 1. The predicted octanol–water partition coefficient (Wildman–Crippen LogP) is 3.12. The molecule has 2 aromatic carbocycles. The number of esters is 1. The van der Waals surface area contributed by atoms with E-state index in [1.54, 1.807) is 25.1 Å². The first-order valence-corrected chi connectivity index (χ1v) is 7.52. The summed E-state index contributed by atoms with van der Waals surface area (Å²) in [5, 5.41) is 9.93. The van der Waals surface area contributed by atoms with E-state index in [9.17, 15) is 14.7 Å². The molecule has 4 heteroatoms. The molecule has 4 nitrogen and oxygen atoms in total. The van der Waals surface area contributed by atoms with Crippen LogP contribution in [0.1, 0.15) is 23.6 Å². The number of carbonyl (C=O) groups is 2. The third kappa shape index (κ3) is 3.42. The van der Waals surface area contributed by atoms with Gasteiger partial charge in [-0.05, 0) is 25.0 Å². The molecule has 2 aromatic rings. The second kappa shape index (κ2) is 7.09. The lowest BCUT2D eigenvalue weighted by molar-refractivity contribution is -0.161. The molecule has 2 rings (SSSR count). The molecule has 0 spiro atoms. The highest BCUT2D eigenvalue weighted by Gasteiger charge is 2.49. The van der Waals surface area contributed by atoms with Crippen LogP contribution in [0.2, 0.25) is 0 Å². The van der Waals surface area contributed by atoms with Gasteiger partial charge in [-0.1, -0.05) is 60.2 Å². The highest BCUT2D eigenvalue weighted by Crippen LogP contribution is 2.31. The lowest BCUT2D eigenvalue weighted by atomic mass is 9.75. The summed E-state index contributed by atoms with van der Waals surface area (Å²) in [5.41, 5.74) is 0.353. The Morgan fingerprint density at radius 1 is 1.09 bits per heavy atom. The molecular formula is C19H20O4. The van der Waals surface area contributed by atoms with E-state index < -0.39 is 17.4 Å². The standard InChI is InChI=1S/C19H20O4/c1-3-23-18(22)19(17(20)21,13-15-9-5-4-6-10-15)16-11-7-8-14(2)12-16/h4-12H,3,13H2,1-2H3,(H,20,21). The molecule has 23 heavy (non-hydrogen) atoms. The first-order chi connectivity index (χ1) is 11.0. The van der Waals surface area contributed by atoms with Crippen molar-refractivity contribution in [2.24, 2.45) is 0 Å². The van der Waals surface area contributed by atoms with Gasteiger partial charge in [-0.2, -0.15) is 0 Å². The van der Waals surface area contributed by atoms with Crippen LogP contribution in [-0.2, 0) is 26.2 Å². The maximum Gasteiger partial charge on any atom is 0.328 e. The zero-order chi connectivity index (χ0) is 16.9. The van der Waals surface area contributed by atoms with Gasteiger partial charge in [0.1, 0.15) is 0 Å². The van der Waals surface area contributed by atoms with Crippen molar-refractivity contribution in [1.82, 2.24) is 0 Å². The van der Waals surface area contributed by atoms with Crippen molar-refractivity contribution in [1.29, 1.82) is 0 Å². The van der Waals surface area contributed by atoms with Crippen molar-refractivity contribution in [3.05, 3.63) is 71.3 Å². The molecule has 0 saturated heterocycles. The Morgan fingerprint density at radius 2 is 1.78 bits per heavy atom. The zero-order valence-electron chi connectivity index (χ0n) is 13.3. The SMILES string of the molecule is CCOC(=O)C(Cc1ccccc1)(C(=O)O)c1cccc(C)c1. The number of carbonyl (C=O) groups excluding carboxylic acids is 1. The van der Waals surface area contributed by atoms with Gasteiger partial charge in [0.15, 0.2) is 5.41 Å². The van der Waals surface area contributed by atoms with Crippen LogP contribution in [0.3, 0.4) is 0 Å². The van der Waals surface area contributed by atoms with E-state index in [0.29, 0.717) is 5.56 Å². The van der Waals surface area contributed by atoms with E-state index in [1.807, 2.05) is 43.3 Å². The lowest BCUT2D eigenvalue weighted by Gasteiger charge is -2.28. The van der Waals surface area contributed by atoms with Crippen LogP contribution in [0.5, 0.6) is 0 Å². The second-order valence-electron chi connectivity index (χ2n) is 5.46. The van der Waals surface area contributed by atoms with Gasteiger partial charge in [-0.25, -0.2) is 0 Å². The number of benzene rings is 2. The summed E-state index contributed by atoms with van der Waals surface area (Å²) in [5.74, 6) is -1.94. The summed E-state index contributed by atoms with van der Waals surface area (Å²) in [6.45, 7) is 3.67. The summed E-state index contributed by atoms with van der Waals surface area (Å²) in [6.07, 6.45) is 0.0471. The summed E-state index contributed by atoms with van der Waals surface area (Å²) < 4.78 is 5.12. The Labute approximate surface area is 135 Å². The van der Waals surface area contributed by atoms with Gasteiger partial charge < -0.3 is 9.84 Å². The van der Waals surface area contributed by atoms with E-state index in [1.165, 1.54) is 0 Å². The van der Waals surface area contributed by atoms with Gasteiger partial charge in [0, 0.05) is 6.42 Å². The van der Waals surface area contributed by atoms with Crippen molar-refractivity contribution in [2.45, 2.75) is 25.7 Å². The Kier molecular flexibility index (Phi) is 5.16. The first-order valence-electron chi connectivity index (χ1n) is 7.52. The molecule has 0 aliphatic rings. The average molecular weight is 312 g/mol. The molecule has 0 amide bonds. The number of aliphatic carboxylic acids is 1. The lowest BCUT2D eigenvalue weighted by Crippen LogP contribution is -2.47. The largest absolute Gasteiger partial charge is 0.480 e. The van der Waals surface area contributed by atoms with E-state index >= 15 is 0 Å². The van der Waals surface area contributed by atoms with Crippen molar-refractivity contribution in [3.63, 3.8) is 0 Å². The van der Waals surface area contributed by atoms with Crippen LogP contribution in [0, 0.1) is 6.92 Å². The van der Waals surface area contributed by atoms with E-state index in [4.69, 9.17) is 4.74 Å². The maximum absolute atomic E-state index is 12.6. The Bertz CT molecular complexity index is 694. The second-order valence-corrected chi connectivity index (χ2v) is 5.46. The highest BCUT2D eigenvalue weighted by molar-refractivity contribution is 6.06. The minimum atomic E-state index is -1.75. The van der Waals surface area contributed by atoms with Gasteiger partial charge in [-0.15, -0.1) is 0 Å². The third-order valence-corrected chi connectivity index (χ3v) is 3.81. The third-order valence-electron chi connectivity index (χ3n) is 3.81. The van der Waals surface area contributed by atoms with Crippen LogP contribution in [0.25, 0.3) is 0 Å². The topological polar surface area (TPSA) is 63.6 Å². The number of aryl methyl sites for hydroxylation is 1. The van der Waals surface area contributed by atoms with Gasteiger partial charge >= 0.3 is 11.9 Å². The van der Waals surface area contributed by atoms with E-state index in [-0.39, 0.29) is 13.0 Å². The molecule has 1 unspecified atom stereocenters. The van der Waals surface area contributed by atoms with Crippen LogP contribution in [-0.4, -0.2) is 23.7 Å². The molecule has 1 N–H and O–H groups in total. The van der Waals surface area contributed by atoms with Crippen molar-refractivity contribution >= 4 is 11.9 Å². The summed E-state index contributed by atoms with van der Waals surface area (Å²) in [7, 11) is 0. The Morgan fingerprint density at radius 3 is 2.35 bits per heavy atom. The average Bonchev–Trinajstić information content (AvgIpc) is 2.53.